The van der Waals surface area contributed by atoms with Gasteiger partial charge in [-0.25, -0.2) is 36.0 Å². The van der Waals surface area contributed by atoms with Crippen molar-refractivity contribution >= 4 is 42.5 Å². The number of nitrogens with two attached hydrogens (primary N) is 1. The first-order chi connectivity index (χ1) is 17.4. The van der Waals surface area contributed by atoms with Crippen LogP contribution < -0.4 is 10.5 Å². The Morgan fingerprint density at radius 3 is 2.41 bits per heavy atom. The Bertz CT molecular complexity index is 1750. The summed E-state index contributed by atoms with van der Waals surface area (Å²) in [5.74, 6) is -0.982. The normalized spacial score (nSPS) is 17.2. The van der Waals surface area contributed by atoms with E-state index in [1.807, 2.05) is 0 Å². The second-order valence-corrected chi connectivity index (χ2v) is 12.7. The van der Waals surface area contributed by atoms with Crippen molar-refractivity contribution in [1.29, 1.82) is 0 Å². The number of aryl methyl sites for hydroxylation is 1. The molecule has 2 aromatic heterocycles. The molecule has 4 aromatic rings. The van der Waals surface area contributed by atoms with Gasteiger partial charge in [-0.2, -0.15) is 5.10 Å². The van der Waals surface area contributed by atoms with Gasteiger partial charge in [0.15, 0.2) is 15.5 Å². The molecule has 5 rings (SSSR count). The minimum absolute atomic E-state index is 0.0393. The van der Waals surface area contributed by atoms with Crippen LogP contribution in [0, 0.1) is 12.7 Å². The number of carbonyl (C=O) groups excluding carboxylic acids is 1. The minimum atomic E-state index is -3.89. The van der Waals surface area contributed by atoms with Gasteiger partial charge in [-0.15, -0.1) is 0 Å². The number of rotatable bonds is 5. The SMILES string of the molecule is Cc1nn(C2CCS(=O)(=O)C2)c2nc(-c3ccc(F)cc3)cc(C(=O)Nc3ccc(S(N)(=O)=O)cc3)c12. The molecule has 1 unspecified atom stereocenters. The number of halogens is 1. The van der Waals surface area contributed by atoms with Crippen LogP contribution in [0.5, 0.6) is 0 Å². The van der Waals surface area contributed by atoms with Gasteiger partial charge in [-0.05, 0) is 67.9 Å². The van der Waals surface area contributed by atoms with Gasteiger partial charge in [-0.1, -0.05) is 0 Å². The fourth-order valence-corrected chi connectivity index (χ4v) is 6.62. The maximum atomic E-state index is 13.6. The number of sulfone groups is 1. The number of primary sulfonamides is 1. The predicted octanol–water partition coefficient (Wildman–Crippen LogP) is 2.81. The molecule has 1 atom stereocenters. The molecule has 1 saturated heterocycles. The lowest BCUT2D eigenvalue weighted by molar-refractivity contribution is 0.102. The highest BCUT2D eigenvalue weighted by Gasteiger charge is 2.32. The molecule has 2 aromatic carbocycles. The summed E-state index contributed by atoms with van der Waals surface area (Å²) in [6.07, 6.45) is 0.374. The number of aromatic nitrogens is 3. The number of amides is 1. The average molecular weight is 544 g/mol. The van der Waals surface area contributed by atoms with Gasteiger partial charge in [0.1, 0.15) is 5.82 Å². The smallest absolute Gasteiger partial charge is 0.256 e. The highest BCUT2D eigenvalue weighted by molar-refractivity contribution is 7.91. The number of sulfonamides is 1. The highest BCUT2D eigenvalue weighted by atomic mass is 32.2. The summed E-state index contributed by atoms with van der Waals surface area (Å²) in [7, 11) is -7.10. The lowest BCUT2D eigenvalue weighted by Gasteiger charge is -2.12. The molecule has 0 saturated carbocycles. The predicted molar refractivity (Wildman–Crippen MR) is 136 cm³/mol. The van der Waals surface area contributed by atoms with Crippen molar-refractivity contribution in [1.82, 2.24) is 14.8 Å². The number of nitrogens with zero attached hydrogens (tertiary/aromatic N) is 3. The van der Waals surface area contributed by atoms with E-state index >= 15 is 0 Å². The summed E-state index contributed by atoms with van der Waals surface area (Å²) in [5, 5.41) is 12.9. The Hall–Kier alpha value is -3.68. The lowest BCUT2D eigenvalue weighted by atomic mass is 10.0. The summed E-state index contributed by atoms with van der Waals surface area (Å²) in [6.45, 7) is 1.71. The molecule has 192 valence electrons. The Kier molecular flexibility index (Phi) is 6.09. The van der Waals surface area contributed by atoms with Crippen LogP contribution in [-0.4, -0.2) is 49.0 Å². The first kappa shape index (κ1) is 25.0. The van der Waals surface area contributed by atoms with E-state index in [4.69, 9.17) is 10.1 Å². The van der Waals surface area contributed by atoms with Crippen molar-refractivity contribution < 1.29 is 26.0 Å². The molecular formula is C24H22FN5O5S2. The van der Waals surface area contributed by atoms with Crippen molar-refractivity contribution in [3.8, 4) is 11.3 Å². The zero-order chi connectivity index (χ0) is 26.5. The molecule has 1 fully saturated rings. The molecule has 0 bridgehead atoms. The quantitative estimate of drug-likeness (QED) is 0.392. The van der Waals surface area contributed by atoms with Gasteiger partial charge in [0.05, 0.1) is 44.8 Å². The number of carbonyl (C=O) groups is 1. The molecule has 0 spiro atoms. The molecule has 3 N–H and O–H groups in total. The number of benzene rings is 2. The van der Waals surface area contributed by atoms with Crippen molar-refractivity contribution in [2.75, 3.05) is 16.8 Å². The minimum Gasteiger partial charge on any atom is -0.322 e. The molecule has 0 radical (unpaired) electrons. The number of anilines is 1. The summed E-state index contributed by atoms with van der Waals surface area (Å²) >= 11 is 0. The zero-order valence-corrected chi connectivity index (χ0v) is 21.2. The van der Waals surface area contributed by atoms with Crippen molar-refractivity contribution in [2.24, 2.45) is 5.14 Å². The second kappa shape index (κ2) is 9.01. The van der Waals surface area contributed by atoms with Gasteiger partial charge >= 0.3 is 0 Å². The fourth-order valence-electron chi connectivity index (χ4n) is 4.41. The van der Waals surface area contributed by atoms with Gasteiger partial charge in [0.2, 0.25) is 10.0 Å². The Morgan fingerprint density at radius 1 is 1.14 bits per heavy atom. The molecular weight excluding hydrogens is 521 g/mol. The summed E-state index contributed by atoms with van der Waals surface area (Å²) in [6, 6.07) is 12.1. The zero-order valence-electron chi connectivity index (χ0n) is 19.5. The Labute approximate surface area is 212 Å². The van der Waals surface area contributed by atoms with E-state index in [1.54, 1.807) is 17.7 Å². The van der Waals surface area contributed by atoms with Crippen molar-refractivity contribution in [3.63, 3.8) is 0 Å². The van der Waals surface area contributed by atoms with E-state index in [1.165, 1.54) is 48.5 Å². The van der Waals surface area contributed by atoms with E-state index in [-0.39, 0.29) is 22.0 Å². The van der Waals surface area contributed by atoms with E-state index in [0.29, 0.717) is 40.1 Å². The van der Waals surface area contributed by atoms with Crippen LogP contribution in [-0.2, 0) is 19.9 Å². The van der Waals surface area contributed by atoms with Gasteiger partial charge in [0.25, 0.3) is 5.91 Å². The molecule has 13 heteroatoms. The number of pyridine rings is 1. The van der Waals surface area contributed by atoms with Crippen LogP contribution in [0.1, 0.15) is 28.5 Å². The number of hydrogen-bond acceptors (Lipinski definition) is 7. The van der Waals surface area contributed by atoms with Crippen molar-refractivity contribution in [3.05, 3.63) is 71.7 Å². The fraction of sp³-hybridized carbons (Fsp3) is 0.208. The third kappa shape index (κ3) is 4.97. The largest absolute Gasteiger partial charge is 0.322 e. The first-order valence-corrected chi connectivity index (χ1v) is 14.6. The molecule has 1 amide bonds. The lowest BCUT2D eigenvalue weighted by Crippen LogP contribution is -2.15. The van der Waals surface area contributed by atoms with E-state index in [2.05, 4.69) is 10.4 Å². The number of fused-ring (bicyclic) bond motifs is 1. The van der Waals surface area contributed by atoms with Crippen LogP contribution in [0.2, 0.25) is 0 Å². The summed E-state index contributed by atoms with van der Waals surface area (Å²) in [4.78, 5) is 18.1. The Balaban J connectivity index is 1.62. The number of nitrogens with one attached hydrogen (secondary N) is 1. The van der Waals surface area contributed by atoms with Gasteiger partial charge in [0, 0.05) is 11.3 Å². The standard InChI is InChI=1S/C24H22FN5O5S2/c1-14-22-20(24(31)27-17-6-8-19(9-7-17)37(26,34)35)12-21(15-2-4-16(25)5-3-15)28-23(22)30(29-14)18-10-11-36(32,33)13-18/h2-9,12,18H,10-11,13H2,1H3,(H,27,31)(H2,26,34,35). The molecule has 0 aliphatic carbocycles. The topological polar surface area (TPSA) is 154 Å². The first-order valence-electron chi connectivity index (χ1n) is 11.2. The van der Waals surface area contributed by atoms with Crippen LogP contribution >= 0.6 is 0 Å². The third-order valence-corrected chi connectivity index (χ3v) is 8.90. The average Bonchev–Trinajstić information content (AvgIpc) is 3.37. The third-order valence-electron chi connectivity index (χ3n) is 6.22. The molecule has 3 heterocycles. The van der Waals surface area contributed by atoms with Crippen LogP contribution in [0.3, 0.4) is 0 Å². The highest BCUT2D eigenvalue weighted by Crippen LogP contribution is 2.32. The van der Waals surface area contributed by atoms with Crippen LogP contribution in [0.25, 0.3) is 22.3 Å². The monoisotopic (exact) mass is 543 g/mol. The van der Waals surface area contributed by atoms with Gasteiger partial charge in [-0.3, -0.25) is 4.79 Å². The molecule has 37 heavy (non-hydrogen) atoms. The van der Waals surface area contributed by atoms with E-state index < -0.39 is 37.6 Å². The van der Waals surface area contributed by atoms with E-state index in [9.17, 15) is 26.0 Å². The second-order valence-electron chi connectivity index (χ2n) is 8.87. The Morgan fingerprint density at radius 2 is 1.81 bits per heavy atom. The summed E-state index contributed by atoms with van der Waals surface area (Å²) in [5.41, 5.74) is 2.33. The molecule has 1 aliphatic heterocycles. The van der Waals surface area contributed by atoms with Crippen LogP contribution in [0.4, 0.5) is 10.1 Å². The molecule has 10 nitrogen and oxygen atoms in total. The van der Waals surface area contributed by atoms with E-state index in [0.717, 1.165) is 0 Å². The van der Waals surface area contributed by atoms with Crippen molar-refractivity contribution in [2.45, 2.75) is 24.3 Å². The molecule has 1 aliphatic rings. The van der Waals surface area contributed by atoms with Crippen LogP contribution in [0.15, 0.2) is 59.5 Å². The maximum Gasteiger partial charge on any atom is 0.256 e. The van der Waals surface area contributed by atoms with Gasteiger partial charge < -0.3 is 5.32 Å². The maximum absolute atomic E-state index is 13.6. The number of hydrogen-bond donors (Lipinski definition) is 2. The summed E-state index contributed by atoms with van der Waals surface area (Å²) < 4.78 is 62.4.